The van der Waals surface area contributed by atoms with Gasteiger partial charge in [0.25, 0.3) is 0 Å². The van der Waals surface area contributed by atoms with E-state index in [0.29, 0.717) is 16.6 Å². The Labute approximate surface area is 173 Å². The molecule has 1 N–H and O–H groups in total. The highest BCUT2D eigenvalue weighted by Gasteiger charge is 2.26. The summed E-state index contributed by atoms with van der Waals surface area (Å²) in [7, 11) is 1.58. The molecule has 0 aliphatic carbocycles. The van der Waals surface area contributed by atoms with Gasteiger partial charge in [-0.3, -0.25) is 4.79 Å². The molecule has 0 amide bonds. The maximum Gasteiger partial charge on any atom is 0.307 e. The Morgan fingerprint density at radius 1 is 1.21 bits per heavy atom. The zero-order valence-electron chi connectivity index (χ0n) is 16.1. The minimum absolute atomic E-state index is 0.0144. The summed E-state index contributed by atoms with van der Waals surface area (Å²) in [6, 6.07) is 13.1. The molecule has 1 aliphatic rings. The van der Waals surface area contributed by atoms with Gasteiger partial charge in [0.05, 0.1) is 18.6 Å². The second kappa shape index (κ2) is 7.72. The third-order valence-corrected chi connectivity index (χ3v) is 5.34. The molecule has 0 saturated carbocycles. The first-order chi connectivity index (χ1) is 14.0. The van der Waals surface area contributed by atoms with E-state index in [1.165, 1.54) is 0 Å². The lowest BCUT2D eigenvalue weighted by Crippen LogP contribution is -2.15. The highest BCUT2D eigenvalue weighted by atomic mass is 35.5. The van der Waals surface area contributed by atoms with Gasteiger partial charge >= 0.3 is 5.97 Å². The summed E-state index contributed by atoms with van der Waals surface area (Å²) < 4.78 is 5.22. The van der Waals surface area contributed by atoms with Crippen molar-refractivity contribution in [1.29, 1.82) is 0 Å². The summed E-state index contributed by atoms with van der Waals surface area (Å²) in [6.07, 6.45) is 0.877. The predicted octanol–water partition coefficient (Wildman–Crippen LogP) is 4.44. The molecule has 29 heavy (non-hydrogen) atoms. The van der Waals surface area contributed by atoms with Crippen LogP contribution in [0, 0.1) is 6.92 Å². The van der Waals surface area contributed by atoms with E-state index in [1.54, 1.807) is 7.11 Å². The van der Waals surface area contributed by atoms with E-state index in [1.807, 2.05) is 49.4 Å². The second-order valence-electron chi connectivity index (χ2n) is 6.92. The number of aromatic nitrogens is 2. The summed E-state index contributed by atoms with van der Waals surface area (Å²) in [5.41, 5.74) is 4.65. The Morgan fingerprint density at radius 2 is 1.97 bits per heavy atom. The molecule has 0 unspecified atom stereocenters. The molecule has 0 saturated heterocycles. The highest BCUT2D eigenvalue weighted by molar-refractivity contribution is 6.32. The van der Waals surface area contributed by atoms with Gasteiger partial charge in [0.2, 0.25) is 0 Å². The number of rotatable bonds is 5. The maximum absolute atomic E-state index is 10.9. The van der Waals surface area contributed by atoms with Crippen molar-refractivity contribution < 1.29 is 14.6 Å². The molecule has 2 heterocycles. The quantitative estimate of drug-likeness (QED) is 0.671. The first kappa shape index (κ1) is 19.2. The summed E-state index contributed by atoms with van der Waals surface area (Å²) in [6.45, 7) is 2.80. The molecular weight excluding hydrogens is 390 g/mol. The molecule has 2 aromatic carbocycles. The third kappa shape index (κ3) is 3.76. The van der Waals surface area contributed by atoms with Crippen molar-refractivity contribution >= 4 is 29.1 Å². The largest absolute Gasteiger partial charge is 0.495 e. The van der Waals surface area contributed by atoms with Crippen LogP contribution < -0.4 is 9.64 Å². The van der Waals surface area contributed by atoms with Crippen LogP contribution >= 0.6 is 11.6 Å². The van der Waals surface area contributed by atoms with Gasteiger partial charge in [-0.05, 0) is 49.2 Å². The van der Waals surface area contributed by atoms with Crippen LogP contribution in [-0.2, 0) is 17.6 Å². The maximum atomic E-state index is 10.9. The SMILES string of the molecule is COc1ccc(-c2nc(C)c3c(n2)N(c2ccc(CC(=O)O)cc2)CC3)cc1Cl. The predicted molar refractivity (Wildman–Crippen MR) is 112 cm³/mol. The fourth-order valence-corrected chi connectivity index (χ4v) is 3.84. The molecule has 3 aromatic rings. The summed E-state index contributed by atoms with van der Waals surface area (Å²) in [5.74, 6) is 1.26. The van der Waals surface area contributed by atoms with Gasteiger partial charge in [-0.25, -0.2) is 9.97 Å². The molecule has 4 rings (SSSR count). The van der Waals surface area contributed by atoms with Crippen LogP contribution in [0.2, 0.25) is 5.02 Å². The monoisotopic (exact) mass is 409 g/mol. The van der Waals surface area contributed by atoms with Gasteiger partial charge in [0.15, 0.2) is 5.82 Å². The average Bonchev–Trinajstić information content (AvgIpc) is 3.12. The number of aryl methyl sites for hydroxylation is 1. The Hall–Kier alpha value is -3.12. The van der Waals surface area contributed by atoms with Crippen LogP contribution in [0.15, 0.2) is 42.5 Å². The number of methoxy groups -OCH3 is 1. The van der Waals surface area contributed by atoms with Gasteiger partial charge in [0.1, 0.15) is 11.6 Å². The average molecular weight is 410 g/mol. The van der Waals surface area contributed by atoms with Crippen molar-refractivity contribution in [2.75, 3.05) is 18.6 Å². The number of carboxylic acids is 1. The molecule has 1 aromatic heterocycles. The molecule has 1 aliphatic heterocycles. The molecule has 7 heteroatoms. The first-order valence-electron chi connectivity index (χ1n) is 9.26. The number of aliphatic carboxylic acids is 1. The fraction of sp³-hybridized carbons (Fsp3) is 0.227. The van der Waals surface area contributed by atoms with Crippen LogP contribution in [0.3, 0.4) is 0 Å². The number of anilines is 2. The number of benzene rings is 2. The van der Waals surface area contributed by atoms with E-state index in [9.17, 15) is 4.79 Å². The molecule has 0 radical (unpaired) electrons. The second-order valence-corrected chi connectivity index (χ2v) is 7.33. The minimum Gasteiger partial charge on any atom is -0.495 e. The number of nitrogens with zero attached hydrogens (tertiary/aromatic N) is 3. The van der Waals surface area contributed by atoms with Crippen molar-refractivity contribution in [2.24, 2.45) is 0 Å². The fourth-order valence-electron chi connectivity index (χ4n) is 3.58. The summed E-state index contributed by atoms with van der Waals surface area (Å²) in [5, 5.41) is 9.47. The zero-order valence-corrected chi connectivity index (χ0v) is 16.9. The smallest absolute Gasteiger partial charge is 0.307 e. The number of carboxylic acid groups (broad SMARTS) is 1. The number of fused-ring (bicyclic) bond motifs is 1. The minimum atomic E-state index is -0.838. The molecule has 6 nitrogen and oxygen atoms in total. The Bertz CT molecular complexity index is 1080. The number of hydrogen-bond donors (Lipinski definition) is 1. The topological polar surface area (TPSA) is 75.6 Å². The van der Waals surface area contributed by atoms with Crippen LogP contribution in [0.4, 0.5) is 11.5 Å². The van der Waals surface area contributed by atoms with Gasteiger partial charge in [-0.2, -0.15) is 0 Å². The molecular formula is C22H20ClN3O3. The van der Waals surface area contributed by atoms with Crippen molar-refractivity contribution in [3.63, 3.8) is 0 Å². The first-order valence-corrected chi connectivity index (χ1v) is 9.63. The molecule has 0 fully saturated rings. The van der Waals surface area contributed by atoms with E-state index in [-0.39, 0.29) is 6.42 Å². The van der Waals surface area contributed by atoms with Gasteiger partial charge in [-0.15, -0.1) is 0 Å². The Morgan fingerprint density at radius 3 is 2.62 bits per heavy atom. The van der Waals surface area contributed by atoms with Crippen molar-refractivity contribution in [3.8, 4) is 17.1 Å². The van der Waals surface area contributed by atoms with Gasteiger partial charge in [0, 0.05) is 29.1 Å². The molecule has 0 atom stereocenters. The van der Waals surface area contributed by atoms with Crippen molar-refractivity contribution in [3.05, 3.63) is 64.3 Å². The van der Waals surface area contributed by atoms with Crippen molar-refractivity contribution in [2.45, 2.75) is 19.8 Å². The zero-order chi connectivity index (χ0) is 20.5. The van der Waals surface area contributed by atoms with E-state index < -0.39 is 5.97 Å². The number of ether oxygens (including phenoxy) is 1. The Kier molecular flexibility index (Phi) is 5.11. The lowest BCUT2D eigenvalue weighted by molar-refractivity contribution is -0.136. The lowest BCUT2D eigenvalue weighted by atomic mass is 10.1. The molecule has 0 spiro atoms. The van der Waals surface area contributed by atoms with E-state index in [0.717, 1.165) is 46.9 Å². The number of carbonyl (C=O) groups is 1. The standard InChI is InChI=1S/C22H20ClN3O3/c1-13-17-9-10-26(16-6-3-14(4-7-16)11-20(27)28)22(17)25-21(24-13)15-5-8-19(29-2)18(23)12-15/h3-8,12H,9-11H2,1-2H3,(H,27,28). The lowest BCUT2D eigenvalue weighted by Gasteiger charge is -2.19. The van der Waals surface area contributed by atoms with Crippen LogP contribution in [0.25, 0.3) is 11.4 Å². The third-order valence-electron chi connectivity index (χ3n) is 5.05. The number of hydrogen-bond acceptors (Lipinski definition) is 5. The van der Waals surface area contributed by atoms with E-state index in [2.05, 4.69) is 9.88 Å². The van der Waals surface area contributed by atoms with Gasteiger partial charge in [-0.1, -0.05) is 23.7 Å². The molecule has 148 valence electrons. The van der Waals surface area contributed by atoms with Crippen LogP contribution in [0.5, 0.6) is 5.75 Å². The Balaban J connectivity index is 1.70. The molecule has 0 bridgehead atoms. The van der Waals surface area contributed by atoms with Crippen LogP contribution in [0.1, 0.15) is 16.8 Å². The van der Waals surface area contributed by atoms with E-state index in [4.69, 9.17) is 26.4 Å². The van der Waals surface area contributed by atoms with Crippen LogP contribution in [-0.4, -0.2) is 34.7 Å². The van der Waals surface area contributed by atoms with E-state index >= 15 is 0 Å². The highest BCUT2D eigenvalue weighted by Crippen LogP contribution is 2.36. The normalized spacial score (nSPS) is 12.7. The number of halogens is 1. The van der Waals surface area contributed by atoms with Gasteiger partial charge < -0.3 is 14.7 Å². The summed E-state index contributed by atoms with van der Waals surface area (Å²) in [4.78, 5) is 22.6. The summed E-state index contributed by atoms with van der Waals surface area (Å²) >= 11 is 6.28. The van der Waals surface area contributed by atoms with Crippen molar-refractivity contribution in [1.82, 2.24) is 9.97 Å².